The largest absolute Gasteiger partial charge is 0.497 e. The van der Waals surface area contributed by atoms with E-state index in [4.69, 9.17) is 10.5 Å². The quantitative estimate of drug-likeness (QED) is 0.738. The molecule has 0 aliphatic rings. The lowest BCUT2D eigenvalue weighted by molar-refractivity contribution is 0.0984. The highest BCUT2D eigenvalue weighted by atomic mass is 16.5. The number of hydrogen-bond donors (Lipinski definition) is 1. The van der Waals surface area contributed by atoms with Gasteiger partial charge >= 0.3 is 0 Å². The third kappa shape index (κ3) is 2.33. The zero-order chi connectivity index (χ0) is 10.6. The first-order valence-electron chi connectivity index (χ1n) is 4.57. The Morgan fingerprint density at radius 3 is 2.79 bits per heavy atom. The van der Waals surface area contributed by atoms with Gasteiger partial charge in [0.25, 0.3) is 0 Å². The fourth-order valence-electron chi connectivity index (χ4n) is 1.29. The molecule has 0 aliphatic carbocycles. The molecule has 0 aliphatic heterocycles. The molecule has 3 nitrogen and oxygen atoms in total. The second kappa shape index (κ2) is 4.77. The van der Waals surface area contributed by atoms with Gasteiger partial charge in [0.2, 0.25) is 0 Å². The van der Waals surface area contributed by atoms with Crippen LogP contribution in [0.5, 0.6) is 5.75 Å². The van der Waals surface area contributed by atoms with Crippen molar-refractivity contribution in [2.45, 2.75) is 13.3 Å². The monoisotopic (exact) mass is 193 g/mol. The minimum absolute atomic E-state index is 0.0731. The van der Waals surface area contributed by atoms with Crippen molar-refractivity contribution in [3.8, 4) is 5.75 Å². The summed E-state index contributed by atoms with van der Waals surface area (Å²) in [6.45, 7) is 2.29. The zero-order valence-electron chi connectivity index (χ0n) is 8.54. The smallest absolute Gasteiger partial charge is 0.164 e. The Morgan fingerprint density at radius 2 is 2.21 bits per heavy atom. The number of ketones is 1. The molecule has 0 spiro atoms. The minimum atomic E-state index is 0.0731. The maximum Gasteiger partial charge on any atom is 0.164 e. The molecule has 14 heavy (non-hydrogen) atoms. The predicted molar refractivity (Wildman–Crippen MR) is 55.7 cm³/mol. The van der Waals surface area contributed by atoms with Crippen molar-refractivity contribution in [2.24, 2.45) is 5.73 Å². The standard InChI is InChI=1S/C11H15NO2/c1-8-3-4-9(14-2)7-10(8)11(13)5-6-12/h3-4,7H,5-6,12H2,1-2H3. The first kappa shape index (κ1) is 10.7. The van der Waals surface area contributed by atoms with E-state index >= 15 is 0 Å². The molecule has 0 unspecified atom stereocenters. The summed E-state index contributed by atoms with van der Waals surface area (Å²) in [7, 11) is 1.59. The molecular weight excluding hydrogens is 178 g/mol. The van der Waals surface area contributed by atoms with Crippen molar-refractivity contribution in [3.63, 3.8) is 0 Å². The van der Waals surface area contributed by atoms with Crippen molar-refractivity contribution in [1.29, 1.82) is 0 Å². The van der Waals surface area contributed by atoms with Crippen molar-refractivity contribution in [3.05, 3.63) is 29.3 Å². The lowest BCUT2D eigenvalue weighted by Gasteiger charge is -2.06. The maximum absolute atomic E-state index is 11.6. The van der Waals surface area contributed by atoms with E-state index in [0.29, 0.717) is 24.3 Å². The van der Waals surface area contributed by atoms with E-state index in [1.807, 2.05) is 19.1 Å². The Kier molecular flexibility index (Phi) is 3.65. The number of hydrogen-bond acceptors (Lipinski definition) is 3. The number of carbonyl (C=O) groups is 1. The molecule has 0 saturated carbocycles. The fourth-order valence-corrected chi connectivity index (χ4v) is 1.29. The van der Waals surface area contributed by atoms with Gasteiger partial charge in [-0.25, -0.2) is 0 Å². The molecule has 0 aromatic heterocycles. The van der Waals surface area contributed by atoms with Crippen LogP contribution >= 0.6 is 0 Å². The lowest BCUT2D eigenvalue weighted by Crippen LogP contribution is -2.09. The zero-order valence-corrected chi connectivity index (χ0v) is 8.54. The third-order valence-corrected chi connectivity index (χ3v) is 2.12. The lowest BCUT2D eigenvalue weighted by atomic mass is 10.0. The van der Waals surface area contributed by atoms with E-state index in [1.165, 1.54) is 0 Å². The Hall–Kier alpha value is -1.35. The SMILES string of the molecule is COc1ccc(C)c(C(=O)CCN)c1. The number of Topliss-reactive ketones (excluding diaryl/α,β-unsaturated/α-hetero) is 1. The van der Waals surface area contributed by atoms with Crippen LogP contribution in [0.15, 0.2) is 18.2 Å². The van der Waals surface area contributed by atoms with Crippen LogP contribution in [0.3, 0.4) is 0 Å². The molecule has 0 saturated heterocycles. The number of aryl methyl sites for hydroxylation is 1. The Balaban J connectivity index is 2.99. The van der Waals surface area contributed by atoms with Crippen LogP contribution in [-0.2, 0) is 0 Å². The summed E-state index contributed by atoms with van der Waals surface area (Å²) in [5, 5.41) is 0. The van der Waals surface area contributed by atoms with Crippen LogP contribution in [0.1, 0.15) is 22.3 Å². The summed E-state index contributed by atoms with van der Waals surface area (Å²) in [5.74, 6) is 0.778. The molecule has 3 heteroatoms. The molecule has 1 aromatic rings. The van der Waals surface area contributed by atoms with E-state index in [0.717, 1.165) is 5.56 Å². The maximum atomic E-state index is 11.6. The molecule has 0 radical (unpaired) electrons. The van der Waals surface area contributed by atoms with Crippen LogP contribution in [0.25, 0.3) is 0 Å². The van der Waals surface area contributed by atoms with Crippen molar-refractivity contribution in [2.75, 3.05) is 13.7 Å². The minimum Gasteiger partial charge on any atom is -0.497 e. The summed E-state index contributed by atoms with van der Waals surface area (Å²) < 4.78 is 5.05. The van der Waals surface area contributed by atoms with Gasteiger partial charge in [0, 0.05) is 12.0 Å². The molecule has 76 valence electrons. The first-order valence-corrected chi connectivity index (χ1v) is 4.57. The predicted octanol–water partition coefficient (Wildman–Crippen LogP) is 1.54. The topological polar surface area (TPSA) is 52.3 Å². The van der Waals surface area contributed by atoms with Gasteiger partial charge in [-0.1, -0.05) is 6.07 Å². The van der Waals surface area contributed by atoms with Crippen molar-refractivity contribution >= 4 is 5.78 Å². The first-order chi connectivity index (χ1) is 6.69. The summed E-state index contributed by atoms with van der Waals surface area (Å²) in [6, 6.07) is 5.48. The van der Waals surface area contributed by atoms with Gasteiger partial charge < -0.3 is 10.5 Å². The molecule has 2 N–H and O–H groups in total. The van der Waals surface area contributed by atoms with Gasteiger partial charge in [0.1, 0.15) is 5.75 Å². The van der Waals surface area contributed by atoms with Gasteiger partial charge in [0.05, 0.1) is 7.11 Å². The van der Waals surface area contributed by atoms with Crippen LogP contribution in [0.4, 0.5) is 0 Å². The van der Waals surface area contributed by atoms with Gasteiger partial charge in [0.15, 0.2) is 5.78 Å². The molecular formula is C11H15NO2. The number of nitrogens with two attached hydrogens (primary N) is 1. The van der Waals surface area contributed by atoms with Gasteiger partial charge in [-0.3, -0.25) is 4.79 Å². The average Bonchev–Trinajstić information content (AvgIpc) is 2.19. The highest BCUT2D eigenvalue weighted by Crippen LogP contribution is 2.18. The molecule has 0 amide bonds. The Bertz CT molecular complexity index is 334. The molecule has 0 fully saturated rings. The van der Waals surface area contributed by atoms with Gasteiger partial charge in [-0.05, 0) is 31.2 Å². The van der Waals surface area contributed by atoms with Crippen LogP contribution in [0.2, 0.25) is 0 Å². The molecule has 1 rings (SSSR count). The van der Waals surface area contributed by atoms with E-state index < -0.39 is 0 Å². The summed E-state index contributed by atoms with van der Waals surface area (Å²) in [6.07, 6.45) is 0.383. The summed E-state index contributed by atoms with van der Waals surface area (Å²) in [4.78, 5) is 11.6. The summed E-state index contributed by atoms with van der Waals surface area (Å²) >= 11 is 0. The van der Waals surface area contributed by atoms with Crippen LogP contribution < -0.4 is 10.5 Å². The van der Waals surface area contributed by atoms with E-state index in [2.05, 4.69) is 0 Å². The van der Waals surface area contributed by atoms with E-state index in [9.17, 15) is 4.79 Å². The molecule has 0 atom stereocenters. The third-order valence-electron chi connectivity index (χ3n) is 2.12. The van der Waals surface area contributed by atoms with Crippen molar-refractivity contribution < 1.29 is 9.53 Å². The van der Waals surface area contributed by atoms with Crippen molar-refractivity contribution in [1.82, 2.24) is 0 Å². The highest BCUT2D eigenvalue weighted by molar-refractivity contribution is 5.97. The van der Waals surface area contributed by atoms with Gasteiger partial charge in [-0.15, -0.1) is 0 Å². The average molecular weight is 193 g/mol. The highest BCUT2D eigenvalue weighted by Gasteiger charge is 2.08. The number of carbonyl (C=O) groups excluding carboxylic acids is 1. The normalized spacial score (nSPS) is 9.93. The summed E-state index contributed by atoms with van der Waals surface area (Å²) in [5.41, 5.74) is 7.00. The van der Waals surface area contributed by atoms with Crippen LogP contribution in [-0.4, -0.2) is 19.4 Å². The number of rotatable bonds is 4. The number of benzene rings is 1. The van der Waals surface area contributed by atoms with E-state index in [1.54, 1.807) is 13.2 Å². The number of ether oxygens (including phenoxy) is 1. The van der Waals surface area contributed by atoms with Gasteiger partial charge in [-0.2, -0.15) is 0 Å². The Morgan fingerprint density at radius 1 is 1.50 bits per heavy atom. The molecule has 0 bridgehead atoms. The second-order valence-electron chi connectivity index (χ2n) is 3.14. The van der Waals surface area contributed by atoms with E-state index in [-0.39, 0.29) is 5.78 Å². The molecule has 1 aromatic carbocycles. The van der Waals surface area contributed by atoms with Crippen LogP contribution in [0, 0.1) is 6.92 Å². The Labute approximate surface area is 83.9 Å². The number of methoxy groups -OCH3 is 1. The second-order valence-corrected chi connectivity index (χ2v) is 3.14. The molecule has 0 heterocycles. The fraction of sp³-hybridized carbons (Fsp3) is 0.364.